The second kappa shape index (κ2) is 8.32. The van der Waals surface area contributed by atoms with Gasteiger partial charge in [0.1, 0.15) is 30.5 Å². The van der Waals surface area contributed by atoms with Gasteiger partial charge < -0.3 is 25.2 Å². The molecule has 0 radical (unpaired) electrons. The Hall–Kier alpha value is -1.12. The van der Waals surface area contributed by atoms with Crippen molar-refractivity contribution in [1.82, 2.24) is 0 Å². The summed E-state index contributed by atoms with van der Waals surface area (Å²) in [7, 11) is 0. The number of hydrogen-bond donors (Lipinski definition) is 4. The molecule has 2 heterocycles. The zero-order valence-corrected chi connectivity index (χ0v) is 16.7. The van der Waals surface area contributed by atoms with Crippen LogP contribution in [0, 0.1) is 0 Å². The largest absolute Gasteiger partial charge is 0.394 e. The van der Waals surface area contributed by atoms with Gasteiger partial charge in [-0.25, -0.2) is 0 Å². The van der Waals surface area contributed by atoms with Crippen molar-refractivity contribution in [3.05, 3.63) is 64.2 Å². The van der Waals surface area contributed by atoms with Crippen LogP contribution in [0.25, 0.3) is 0 Å². The van der Waals surface area contributed by atoms with E-state index in [1.165, 1.54) is 10.5 Å². The standard InChI is InChI=1S/C21H23ClO5S/c22-15-6-5-11(7-13-9-12-3-1-2-4-17(12)28-13)8-14(15)21-20(26)19(25)18(24)16(10-23)27-21/h1-6,8,13,16,18-21,23-26H,7,9-10H2/t13?,16?,18?,19?,20-,21+/m1/s1. The van der Waals surface area contributed by atoms with E-state index in [4.69, 9.17) is 16.3 Å². The molecular weight excluding hydrogens is 400 g/mol. The fourth-order valence-corrected chi connectivity index (χ4v) is 5.51. The Labute approximate surface area is 172 Å². The van der Waals surface area contributed by atoms with Crippen molar-refractivity contribution in [3.8, 4) is 0 Å². The maximum atomic E-state index is 10.4. The molecule has 5 nitrogen and oxygen atoms in total. The molecule has 0 aromatic heterocycles. The van der Waals surface area contributed by atoms with E-state index in [0.717, 1.165) is 18.4 Å². The van der Waals surface area contributed by atoms with Crippen LogP contribution in [-0.2, 0) is 17.6 Å². The lowest BCUT2D eigenvalue weighted by Crippen LogP contribution is -2.55. The summed E-state index contributed by atoms with van der Waals surface area (Å²) in [6, 6.07) is 14.0. The van der Waals surface area contributed by atoms with E-state index in [0.29, 0.717) is 15.8 Å². The molecule has 28 heavy (non-hydrogen) atoms. The Kier molecular flexibility index (Phi) is 5.99. The summed E-state index contributed by atoms with van der Waals surface area (Å²) in [5.74, 6) is 0. The first kappa shape index (κ1) is 20.2. The van der Waals surface area contributed by atoms with Gasteiger partial charge >= 0.3 is 0 Å². The van der Waals surface area contributed by atoms with Gasteiger partial charge in [-0.3, -0.25) is 0 Å². The SMILES string of the molecule is OCC1O[C@@H](c2cc(CC3Cc4ccccc4S3)ccc2Cl)[C@H](O)C(O)C1O. The predicted octanol–water partition coefficient (Wildman–Crippen LogP) is 2.11. The minimum atomic E-state index is -1.42. The first-order chi connectivity index (χ1) is 13.5. The van der Waals surface area contributed by atoms with Crippen molar-refractivity contribution in [2.75, 3.05) is 6.61 Å². The summed E-state index contributed by atoms with van der Waals surface area (Å²) in [6.45, 7) is -0.463. The zero-order valence-electron chi connectivity index (χ0n) is 15.1. The van der Waals surface area contributed by atoms with Crippen LogP contribution < -0.4 is 0 Å². The number of benzene rings is 2. The summed E-state index contributed by atoms with van der Waals surface area (Å²) in [6.07, 6.45) is -4.18. The fraction of sp³-hybridized carbons (Fsp3) is 0.429. The maximum absolute atomic E-state index is 10.4. The lowest BCUT2D eigenvalue weighted by atomic mass is 9.90. The third-order valence-corrected chi connectivity index (χ3v) is 7.10. The van der Waals surface area contributed by atoms with Crippen molar-refractivity contribution < 1.29 is 25.2 Å². The molecule has 4 unspecified atom stereocenters. The molecule has 2 aliphatic rings. The average molecular weight is 423 g/mol. The molecule has 2 aromatic rings. The molecule has 0 spiro atoms. The number of halogens is 1. The topological polar surface area (TPSA) is 90.2 Å². The van der Waals surface area contributed by atoms with Crippen molar-refractivity contribution in [1.29, 1.82) is 0 Å². The summed E-state index contributed by atoms with van der Waals surface area (Å²) >= 11 is 8.22. The number of rotatable bonds is 4. The Morgan fingerprint density at radius 2 is 1.82 bits per heavy atom. The molecule has 0 saturated carbocycles. The van der Waals surface area contributed by atoms with Crippen LogP contribution >= 0.6 is 23.4 Å². The molecule has 1 saturated heterocycles. The van der Waals surface area contributed by atoms with E-state index in [2.05, 4.69) is 18.2 Å². The minimum absolute atomic E-state index is 0.412. The van der Waals surface area contributed by atoms with Gasteiger partial charge in [0.15, 0.2) is 0 Å². The number of aliphatic hydroxyl groups is 4. The molecule has 0 bridgehead atoms. The molecule has 2 aromatic carbocycles. The van der Waals surface area contributed by atoms with Gasteiger partial charge in [-0.1, -0.05) is 41.9 Å². The predicted molar refractivity (Wildman–Crippen MR) is 108 cm³/mol. The molecule has 4 N–H and O–H groups in total. The number of ether oxygens (including phenoxy) is 1. The van der Waals surface area contributed by atoms with E-state index in [9.17, 15) is 20.4 Å². The number of fused-ring (bicyclic) bond motifs is 1. The number of hydrogen-bond acceptors (Lipinski definition) is 6. The molecule has 7 heteroatoms. The van der Waals surface area contributed by atoms with Gasteiger partial charge in [0.2, 0.25) is 0 Å². The maximum Gasteiger partial charge on any atom is 0.113 e. The van der Waals surface area contributed by atoms with Crippen LogP contribution in [0.5, 0.6) is 0 Å². The molecule has 1 fully saturated rings. The highest BCUT2D eigenvalue weighted by Gasteiger charge is 2.44. The Morgan fingerprint density at radius 3 is 2.57 bits per heavy atom. The first-order valence-corrected chi connectivity index (χ1v) is 10.6. The van der Waals surface area contributed by atoms with E-state index in [1.807, 2.05) is 30.0 Å². The van der Waals surface area contributed by atoms with Gasteiger partial charge in [0.25, 0.3) is 0 Å². The van der Waals surface area contributed by atoms with Gasteiger partial charge in [-0.2, -0.15) is 0 Å². The highest BCUT2D eigenvalue weighted by molar-refractivity contribution is 8.00. The zero-order chi connectivity index (χ0) is 19.8. The molecule has 4 rings (SSSR count). The van der Waals surface area contributed by atoms with E-state index >= 15 is 0 Å². The lowest BCUT2D eigenvalue weighted by molar-refractivity contribution is -0.231. The van der Waals surface area contributed by atoms with E-state index in [-0.39, 0.29) is 0 Å². The third kappa shape index (κ3) is 3.83. The van der Waals surface area contributed by atoms with E-state index in [1.54, 1.807) is 6.07 Å². The average Bonchev–Trinajstić information content (AvgIpc) is 3.10. The lowest BCUT2D eigenvalue weighted by Gasteiger charge is -2.40. The quantitative estimate of drug-likeness (QED) is 0.603. The van der Waals surface area contributed by atoms with Crippen molar-refractivity contribution in [2.45, 2.75) is 53.5 Å². The Balaban J connectivity index is 1.54. The van der Waals surface area contributed by atoms with Gasteiger partial charge in [-0.05, 0) is 36.1 Å². The van der Waals surface area contributed by atoms with Crippen LogP contribution in [0.15, 0.2) is 47.4 Å². The minimum Gasteiger partial charge on any atom is -0.394 e. The van der Waals surface area contributed by atoms with Crippen LogP contribution in [0.1, 0.15) is 22.8 Å². The molecule has 150 valence electrons. The second-order valence-corrected chi connectivity index (χ2v) is 9.11. The highest BCUT2D eigenvalue weighted by Crippen LogP contribution is 2.40. The summed E-state index contributed by atoms with van der Waals surface area (Å²) < 4.78 is 5.67. The van der Waals surface area contributed by atoms with Crippen molar-refractivity contribution in [3.63, 3.8) is 0 Å². The van der Waals surface area contributed by atoms with E-state index < -0.39 is 37.1 Å². The highest BCUT2D eigenvalue weighted by atomic mass is 35.5. The summed E-state index contributed by atoms with van der Waals surface area (Å²) in [5, 5.41) is 40.7. The smallest absolute Gasteiger partial charge is 0.113 e. The second-order valence-electron chi connectivity index (χ2n) is 7.36. The normalized spacial score (nSPS) is 32.3. The molecular formula is C21H23ClO5S. The summed E-state index contributed by atoms with van der Waals surface area (Å²) in [4.78, 5) is 1.32. The Bertz CT molecular complexity index is 820. The number of aliphatic hydroxyl groups excluding tert-OH is 4. The molecule has 0 aliphatic carbocycles. The molecule has 6 atom stereocenters. The van der Waals surface area contributed by atoms with Crippen molar-refractivity contribution >= 4 is 23.4 Å². The van der Waals surface area contributed by atoms with Crippen molar-refractivity contribution in [2.24, 2.45) is 0 Å². The first-order valence-electron chi connectivity index (χ1n) is 9.31. The monoisotopic (exact) mass is 422 g/mol. The van der Waals surface area contributed by atoms with Crippen LogP contribution in [0.2, 0.25) is 5.02 Å². The van der Waals surface area contributed by atoms with Gasteiger partial charge in [0, 0.05) is 20.7 Å². The van der Waals surface area contributed by atoms with Crippen LogP contribution in [0.3, 0.4) is 0 Å². The fourth-order valence-electron chi connectivity index (χ4n) is 3.93. The van der Waals surface area contributed by atoms with Gasteiger partial charge in [0.05, 0.1) is 6.61 Å². The third-order valence-electron chi connectivity index (χ3n) is 5.44. The summed E-state index contributed by atoms with van der Waals surface area (Å²) in [5.41, 5.74) is 2.97. The molecule has 0 amide bonds. The van der Waals surface area contributed by atoms with Gasteiger partial charge in [-0.15, -0.1) is 11.8 Å². The van der Waals surface area contributed by atoms with Crippen LogP contribution in [0.4, 0.5) is 0 Å². The number of thioether (sulfide) groups is 1. The molecule has 2 aliphatic heterocycles. The Morgan fingerprint density at radius 1 is 1.04 bits per heavy atom. The van der Waals surface area contributed by atoms with Crippen LogP contribution in [-0.4, -0.2) is 56.7 Å².